The van der Waals surface area contributed by atoms with Gasteiger partial charge in [0.15, 0.2) is 0 Å². The Morgan fingerprint density at radius 3 is 2.79 bits per heavy atom. The van der Waals surface area contributed by atoms with Gasteiger partial charge in [0.25, 0.3) is 0 Å². The molecule has 1 aliphatic carbocycles. The highest BCUT2D eigenvalue weighted by Crippen LogP contribution is 2.28. The Balaban J connectivity index is 1.96. The number of carboxylic acid groups (broad SMARTS) is 1. The summed E-state index contributed by atoms with van der Waals surface area (Å²) in [4.78, 5) is 11.4. The fourth-order valence-corrected chi connectivity index (χ4v) is 3.71. The second-order valence-electron chi connectivity index (χ2n) is 5.02. The third-order valence-corrected chi connectivity index (χ3v) is 5.01. The molecule has 3 unspecified atom stereocenters. The summed E-state index contributed by atoms with van der Waals surface area (Å²) < 4.78 is 0. The van der Waals surface area contributed by atoms with Crippen LogP contribution < -0.4 is 5.32 Å². The molecule has 3 nitrogen and oxygen atoms in total. The van der Waals surface area contributed by atoms with Crippen molar-refractivity contribution in [2.75, 3.05) is 12.8 Å². The van der Waals surface area contributed by atoms with Gasteiger partial charge in [-0.3, -0.25) is 4.79 Å². The van der Waals surface area contributed by atoms with Gasteiger partial charge in [0.1, 0.15) is 0 Å². The number of benzene rings is 1. The third kappa shape index (κ3) is 3.74. The first kappa shape index (κ1) is 14.4. The van der Waals surface area contributed by atoms with E-state index in [4.69, 9.17) is 0 Å². The SMILES string of the molecule is CSC1CCCC1NCC(C(=O)O)c1ccccc1. The van der Waals surface area contributed by atoms with Crippen molar-refractivity contribution >= 4 is 17.7 Å². The van der Waals surface area contributed by atoms with Gasteiger partial charge in [-0.05, 0) is 24.7 Å². The Hall–Kier alpha value is -1.00. The predicted molar refractivity (Wildman–Crippen MR) is 79.8 cm³/mol. The van der Waals surface area contributed by atoms with Gasteiger partial charge in [0.05, 0.1) is 5.92 Å². The molecule has 104 valence electrons. The fraction of sp³-hybridized carbons (Fsp3) is 0.533. The Kier molecular flexibility index (Phi) is 5.28. The molecule has 0 amide bonds. The van der Waals surface area contributed by atoms with E-state index < -0.39 is 11.9 Å². The highest BCUT2D eigenvalue weighted by Gasteiger charge is 2.28. The van der Waals surface area contributed by atoms with E-state index in [1.807, 2.05) is 42.1 Å². The summed E-state index contributed by atoms with van der Waals surface area (Å²) in [6, 6.07) is 9.94. The lowest BCUT2D eigenvalue weighted by molar-refractivity contribution is -0.138. The standard InChI is InChI=1S/C15H21NO2S/c1-19-14-9-5-8-13(14)16-10-12(15(17)18)11-6-3-2-4-7-11/h2-4,6-7,12-14,16H,5,8-10H2,1H3,(H,17,18). The summed E-state index contributed by atoms with van der Waals surface area (Å²) in [5.41, 5.74) is 0.876. The lowest BCUT2D eigenvalue weighted by atomic mass is 9.99. The van der Waals surface area contributed by atoms with Crippen LogP contribution in [0.5, 0.6) is 0 Å². The summed E-state index contributed by atoms with van der Waals surface area (Å²) >= 11 is 1.89. The van der Waals surface area contributed by atoms with Gasteiger partial charge in [0, 0.05) is 17.8 Å². The zero-order chi connectivity index (χ0) is 13.7. The van der Waals surface area contributed by atoms with Crippen molar-refractivity contribution in [3.63, 3.8) is 0 Å². The molecule has 19 heavy (non-hydrogen) atoms. The van der Waals surface area contributed by atoms with Crippen molar-refractivity contribution in [2.24, 2.45) is 0 Å². The van der Waals surface area contributed by atoms with Crippen molar-refractivity contribution in [1.82, 2.24) is 5.32 Å². The molecule has 4 heteroatoms. The summed E-state index contributed by atoms with van der Waals surface area (Å²) in [6.45, 7) is 0.515. The average Bonchev–Trinajstić information content (AvgIpc) is 2.87. The minimum atomic E-state index is -0.752. The molecule has 0 saturated heterocycles. The van der Waals surface area contributed by atoms with E-state index in [9.17, 15) is 9.90 Å². The van der Waals surface area contributed by atoms with Crippen LogP contribution in [0.2, 0.25) is 0 Å². The smallest absolute Gasteiger partial charge is 0.312 e. The lowest BCUT2D eigenvalue weighted by Crippen LogP contribution is -2.38. The fourth-order valence-electron chi connectivity index (χ4n) is 2.74. The van der Waals surface area contributed by atoms with Gasteiger partial charge in [-0.2, -0.15) is 11.8 Å². The van der Waals surface area contributed by atoms with E-state index in [2.05, 4.69) is 11.6 Å². The topological polar surface area (TPSA) is 49.3 Å². The Morgan fingerprint density at radius 2 is 2.16 bits per heavy atom. The number of carboxylic acids is 1. The molecule has 0 heterocycles. The first-order chi connectivity index (χ1) is 9.22. The van der Waals surface area contributed by atoms with Crippen LogP contribution in [-0.4, -0.2) is 35.2 Å². The first-order valence-corrected chi connectivity index (χ1v) is 8.05. The molecule has 0 aromatic heterocycles. The van der Waals surface area contributed by atoms with E-state index in [0.29, 0.717) is 17.8 Å². The number of rotatable bonds is 6. The maximum atomic E-state index is 11.4. The first-order valence-electron chi connectivity index (χ1n) is 6.76. The minimum Gasteiger partial charge on any atom is -0.481 e. The second kappa shape index (κ2) is 6.96. The van der Waals surface area contributed by atoms with Crippen LogP contribution >= 0.6 is 11.8 Å². The molecule has 3 atom stereocenters. The summed E-state index contributed by atoms with van der Waals surface area (Å²) in [7, 11) is 0. The van der Waals surface area contributed by atoms with Gasteiger partial charge in [-0.1, -0.05) is 36.8 Å². The number of hydrogen-bond acceptors (Lipinski definition) is 3. The van der Waals surface area contributed by atoms with Crippen LogP contribution in [0.15, 0.2) is 30.3 Å². The molecule has 0 bridgehead atoms. The molecule has 1 saturated carbocycles. The van der Waals surface area contributed by atoms with Gasteiger partial charge in [-0.15, -0.1) is 0 Å². The lowest BCUT2D eigenvalue weighted by Gasteiger charge is -2.22. The van der Waals surface area contributed by atoms with Crippen LogP contribution in [0.4, 0.5) is 0 Å². The highest BCUT2D eigenvalue weighted by atomic mass is 32.2. The Morgan fingerprint density at radius 1 is 1.42 bits per heavy atom. The largest absolute Gasteiger partial charge is 0.481 e. The molecule has 0 radical (unpaired) electrons. The molecule has 2 N–H and O–H groups in total. The minimum absolute atomic E-state index is 0.454. The molecule has 1 aromatic carbocycles. The number of hydrogen-bond donors (Lipinski definition) is 2. The second-order valence-corrected chi connectivity index (χ2v) is 6.10. The molecule has 1 aliphatic rings. The number of aliphatic carboxylic acids is 1. The van der Waals surface area contributed by atoms with Crippen molar-refractivity contribution < 1.29 is 9.90 Å². The van der Waals surface area contributed by atoms with Crippen LogP contribution in [0.1, 0.15) is 30.7 Å². The summed E-state index contributed by atoms with van der Waals surface area (Å²) in [5, 5.41) is 13.5. The Bertz CT molecular complexity index is 410. The monoisotopic (exact) mass is 279 g/mol. The molecule has 2 rings (SSSR count). The van der Waals surface area contributed by atoms with Crippen molar-refractivity contribution in [2.45, 2.75) is 36.5 Å². The summed E-state index contributed by atoms with van der Waals surface area (Å²) in [6.07, 6.45) is 5.78. The third-order valence-electron chi connectivity index (χ3n) is 3.84. The van der Waals surface area contributed by atoms with E-state index >= 15 is 0 Å². The zero-order valence-corrected chi connectivity index (χ0v) is 12.0. The maximum Gasteiger partial charge on any atom is 0.312 e. The molecule has 0 aliphatic heterocycles. The van der Waals surface area contributed by atoms with Crippen LogP contribution in [-0.2, 0) is 4.79 Å². The quantitative estimate of drug-likeness (QED) is 0.840. The molecular weight excluding hydrogens is 258 g/mol. The van der Waals surface area contributed by atoms with Gasteiger partial charge in [-0.25, -0.2) is 0 Å². The predicted octanol–water partition coefficient (Wildman–Crippen LogP) is 2.73. The van der Waals surface area contributed by atoms with Crippen LogP contribution in [0, 0.1) is 0 Å². The van der Waals surface area contributed by atoms with Crippen molar-refractivity contribution in [3.05, 3.63) is 35.9 Å². The maximum absolute atomic E-state index is 11.4. The molecular formula is C15H21NO2S. The number of carbonyl (C=O) groups is 1. The van der Waals surface area contributed by atoms with Crippen LogP contribution in [0.3, 0.4) is 0 Å². The highest BCUT2D eigenvalue weighted by molar-refractivity contribution is 7.99. The normalized spacial score (nSPS) is 24.3. The Labute approximate surface area is 118 Å². The molecule has 1 fully saturated rings. The zero-order valence-electron chi connectivity index (χ0n) is 11.2. The average molecular weight is 279 g/mol. The van der Waals surface area contributed by atoms with E-state index in [0.717, 1.165) is 12.0 Å². The van der Waals surface area contributed by atoms with Gasteiger partial charge < -0.3 is 10.4 Å². The van der Waals surface area contributed by atoms with E-state index in [1.165, 1.54) is 12.8 Å². The van der Waals surface area contributed by atoms with E-state index in [1.54, 1.807) is 0 Å². The van der Waals surface area contributed by atoms with Gasteiger partial charge in [0.2, 0.25) is 0 Å². The van der Waals surface area contributed by atoms with Crippen molar-refractivity contribution in [1.29, 1.82) is 0 Å². The number of thioether (sulfide) groups is 1. The molecule has 0 spiro atoms. The number of nitrogens with one attached hydrogen (secondary N) is 1. The van der Waals surface area contributed by atoms with E-state index in [-0.39, 0.29) is 0 Å². The summed E-state index contributed by atoms with van der Waals surface area (Å²) in [5.74, 6) is -1.21. The van der Waals surface area contributed by atoms with Crippen LogP contribution in [0.25, 0.3) is 0 Å². The van der Waals surface area contributed by atoms with Crippen molar-refractivity contribution in [3.8, 4) is 0 Å². The van der Waals surface area contributed by atoms with Gasteiger partial charge >= 0.3 is 5.97 Å². The molecule has 1 aromatic rings.